The number of aliphatic hydroxyl groups excluding tert-OH is 1. The Labute approximate surface area is 195 Å². The van der Waals surface area contributed by atoms with E-state index in [1.807, 2.05) is 60.1 Å². The number of hydrogen-bond donors (Lipinski definition) is 3. The Bertz CT molecular complexity index is 1450. The number of halogens is 1. The van der Waals surface area contributed by atoms with Crippen molar-refractivity contribution in [2.75, 3.05) is 20.6 Å². The topological polar surface area (TPSA) is 90.4 Å². The van der Waals surface area contributed by atoms with Crippen LogP contribution in [0.15, 0.2) is 54.9 Å². The number of benzene rings is 2. The molecule has 1 unspecified atom stereocenters. The molecule has 0 radical (unpaired) electrons. The molecular formula is C25H23ClN4O3. The lowest BCUT2D eigenvalue weighted by Crippen LogP contribution is -2.29. The summed E-state index contributed by atoms with van der Waals surface area (Å²) in [6.45, 7) is 0.826. The maximum absolute atomic E-state index is 13.0. The number of para-hydroxylation sites is 1. The molecule has 0 aliphatic carbocycles. The third kappa shape index (κ3) is 3.74. The smallest absolute Gasteiger partial charge is 0.259 e. The van der Waals surface area contributed by atoms with Crippen LogP contribution in [0.4, 0.5) is 0 Å². The zero-order valence-corrected chi connectivity index (χ0v) is 19.0. The maximum Gasteiger partial charge on any atom is 0.259 e. The molecule has 0 spiro atoms. The second kappa shape index (κ2) is 8.19. The van der Waals surface area contributed by atoms with Crippen LogP contribution in [0.5, 0.6) is 0 Å². The summed E-state index contributed by atoms with van der Waals surface area (Å²) in [5.41, 5.74) is 3.60. The summed E-state index contributed by atoms with van der Waals surface area (Å²) in [5, 5.41) is 15.1. The van der Waals surface area contributed by atoms with Crippen molar-refractivity contribution in [3.63, 3.8) is 0 Å². The van der Waals surface area contributed by atoms with E-state index < -0.39 is 17.9 Å². The standard InChI is InChI=1S/C25H23ClN4O3/c1-29(2)11-15(31)12-30-13-19(17-9-14(26)7-8-21(17)30)23-22(24(32)28-25(23)33)18-10-27-20-6-4-3-5-16(18)20/h3-10,13,15,27,31H,11-12H2,1-2H3,(H,28,32,33). The Kier molecular flexibility index (Phi) is 5.32. The van der Waals surface area contributed by atoms with Gasteiger partial charge in [0.15, 0.2) is 0 Å². The van der Waals surface area contributed by atoms with E-state index in [1.54, 1.807) is 18.3 Å². The summed E-state index contributed by atoms with van der Waals surface area (Å²) in [6, 6.07) is 13.1. The summed E-state index contributed by atoms with van der Waals surface area (Å²) in [7, 11) is 3.80. The van der Waals surface area contributed by atoms with Gasteiger partial charge in [-0.05, 0) is 38.4 Å². The number of amides is 2. The fourth-order valence-electron chi connectivity index (χ4n) is 4.57. The Hall–Kier alpha value is -3.39. The van der Waals surface area contributed by atoms with Gasteiger partial charge < -0.3 is 19.6 Å². The number of carbonyl (C=O) groups is 2. The number of nitrogens with zero attached hydrogens (tertiary/aromatic N) is 2. The van der Waals surface area contributed by atoms with E-state index in [9.17, 15) is 14.7 Å². The molecule has 3 N–H and O–H groups in total. The summed E-state index contributed by atoms with van der Waals surface area (Å²) in [5.74, 6) is -0.886. The monoisotopic (exact) mass is 462 g/mol. The van der Waals surface area contributed by atoms with Gasteiger partial charge in [-0.2, -0.15) is 0 Å². The number of hydrogen-bond acceptors (Lipinski definition) is 4. The summed E-state index contributed by atoms with van der Waals surface area (Å²) >= 11 is 6.31. The molecule has 2 aromatic carbocycles. The largest absolute Gasteiger partial charge is 0.390 e. The molecule has 3 heterocycles. The van der Waals surface area contributed by atoms with Gasteiger partial charge in [0.2, 0.25) is 0 Å². The molecule has 2 amide bonds. The van der Waals surface area contributed by atoms with Crippen molar-refractivity contribution < 1.29 is 14.7 Å². The molecule has 1 atom stereocenters. The van der Waals surface area contributed by atoms with E-state index in [0.717, 1.165) is 21.8 Å². The number of imide groups is 1. The van der Waals surface area contributed by atoms with Crippen molar-refractivity contribution in [1.82, 2.24) is 19.8 Å². The number of rotatable bonds is 6. The van der Waals surface area contributed by atoms with Crippen LogP contribution in [-0.2, 0) is 16.1 Å². The van der Waals surface area contributed by atoms with Gasteiger partial charge in [-0.25, -0.2) is 0 Å². The number of likely N-dealkylation sites (N-methyl/N-ethyl adjacent to an activating group) is 1. The molecule has 168 valence electrons. The lowest BCUT2D eigenvalue weighted by atomic mass is 9.95. The Morgan fingerprint density at radius 2 is 1.76 bits per heavy atom. The van der Waals surface area contributed by atoms with E-state index in [2.05, 4.69) is 10.3 Å². The number of nitrogens with one attached hydrogen (secondary N) is 2. The predicted octanol–water partition coefficient (Wildman–Crippen LogP) is 3.27. The average Bonchev–Trinajstić information content (AvgIpc) is 3.40. The molecule has 0 saturated carbocycles. The van der Waals surface area contributed by atoms with Crippen LogP contribution < -0.4 is 5.32 Å². The molecule has 8 heteroatoms. The Balaban J connectivity index is 1.73. The number of aromatic amines is 1. The van der Waals surface area contributed by atoms with Gasteiger partial charge in [0.05, 0.1) is 17.3 Å². The van der Waals surface area contributed by atoms with Gasteiger partial charge in [0.25, 0.3) is 11.8 Å². The van der Waals surface area contributed by atoms with E-state index in [1.165, 1.54) is 0 Å². The highest BCUT2D eigenvalue weighted by Gasteiger charge is 2.35. The van der Waals surface area contributed by atoms with Crippen molar-refractivity contribution in [1.29, 1.82) is 0 Å². The first-order valence-electron chi connectivity index (χ1n) is 10.6. The van der Waals surface area contributed by atoms with Gasteiger partial charge in [0.1, 0.15) is 0 Å². The third-order valence-corrected chi connectivity index (χ3v) is 6.12. The first-order valence-corrected chi connectivity index (χ1v) is 11.0. The van der Waals surface area contributed by atoms with E-state index in [0.29, 0.717) is 40.4 Å². The van der Waals surface area contributed by atoms with Crippen LogP contribution in [0, 0.1) is 0 Å². The van der Waals surface area contributed by atoms with Crippen molar-refractivity contribution >= 4 is 56.4 Å². The average molecular weight is 463 g/mol. The SMILES string of the molecule is CN(C)CC(O)Cn1cc(C2=C(c3c[nH]c4ccccc34)C(=O)NC2=O)c2cc(Cl)ccc21. The van der Waals surface area contributed by atoms with Crippen LogP contribution in [-0.4, -0.2) is 58.1 Å². The summed E-state index contributed by atoms with van der Waals surface area (Å²) in [6.07, 6.45) is 2.97. The molecule has 0 bridgehead atoms. The normalized spacial score (nSPS) is 15.3. The first-order chi connectivity index (χ1) is 15.8. The zero-order chi connectivity index (χ0) is 23.3. The van der Waals surface area contributed by atoms with E-state index >= 15 is 0 Å². The van der Waals surface area contributed by atoms with Gasteiger partial charge in [-0.15, -0.1) is 0 Å². The molecule has 33 heavy (non-hydrogen) atoms. The number of aliphatic hydroxyl groups is 1. The number of carbonyl (C=O) groups excluding carboxylic acids is 2. The Morgan fingerprint density at radius 1 is 1.03 bits per heavy atom. The molecule has 0 fully saturated rings. The fourth-order valence-corrected chi connectivity index (χ4v) is 4.75. The highest BCUT2D eigenvalue weighted by Crippen LogP contribution is 2.39. The minimum Gasteiger partial charge on any atom is -0.390 e. The van der Waals surface area contributed by atoms with Gasteiger partial charge in [0, 0.05) is 63.4 Å². The fraction of sp³-hybridized carbons (Fsp3) is 0.200. The zero-order valence-electron chi connectivity index (χ0n) is 18.2. The van der Waals surface area contributed by atoms with Crippen molar-refractivity contribution in [3.05, 3.63) is 71.0 Å². The second-order valence-corrected chi connectivity index (χ2v) is 8.99. The highest BCUT2D eigenvalue weighted by atomic mass is 35.5. The number of fused-ring (bicyclic) bond motifs is 2. The van der Waals surface area contributed by atoms with Crippen LogP contribution in [0.1, 0.15) is 11.1 Å². The molecular weight excluding hydrogens is 440 g/mol. The first kappa shape index (κ1) is 21.5. The lowest BCUT2D eigenvalue weighted by Gasteiger charge is -2.17. The lowest BCUT2D eigenvalue weighted by molar-refractivity contribution is -0.122. The quantitative estimate of drug-likeness (QED) is 0.384. The van der Waals surface area contributed by atoms with Crippen molar-refractivity contribution in [2.45, 2.75) is 12.6 Å². The third-order valence-electron chi connectivity index (χ3n) is 5.89. The predicted molar refractivity (Wildman–Crippen MR) is 130 cm³/mol. The van der Waals surface area contributed by atoms with Crippen molar-refractivity contribution in [3.8, 4) is 0 Å². The molecule has 2 aromatic heterocycles. The maximum atomic E-state index is 13.0. The highest BCUT2D eigenvalue weighted by molar-refractivity contribution is 6.50. The molecule has 5 rings (SSSR count). The summed E-state index contributed by atoms with van der Waals surface area (Å²) in [4.78, 5) is 31.1. The number of H-pyrrole nitrogens is 1. The van der Waals surface area contributed by atoms with Gasteiger partial charge in [-0.3, -0.25) is 14.9 Å². The van der Waals surface area contributed by atoms with Gasteiger partial charge in [-0.1, -0.05) is 29.8 Å². The van der Waals surface area contributed by atoms with Crippen LogP contribution in [0.25, 0.3) is 33.0 Å². The molecule has 7 nitrogen and oxygen atoms in total. The van der Waals surface area contributed by atoms with Crippen LogP contribution in [0.3, 0.4) is 0 Å². The Morgan fingerprint density at radius 3 is 2.52 bits per heavy atom. The minimum absolute atomic E-state index is 0.304. The summed E-state index contributed by atoms with van der Waals surface area (Å²) < 4.78 is 1.91. The number of aromatic nitrogens is 2. The van der Waals surface area contributed by atoms with E-state index in [-0.39, 0.29) is 0 Å². The molecule has 0 saturated heterocycles. The van der Waals surface area contributed by atoms with Crippen LogP contribution >= 0.6 is 11.6 Å². The minimum atomic E-state index is -0.611. The van der Waals surface area contributed by atoms with E-state index in [4.69, 9.17) is 11.6 Å². The molecule has 1 aliphatic heterocycles. The second-order valence-electron chi connectivity index (χ2n) is 8.55. The molecule has 1 aliphatic rings. The van der Waals surface area contributed by atoms with Crippen molar-refractivity contribution in [2.24, 2.45) is 0 Å². The molecule has 4 aromatic rings. The van der Waals surface area contributed by atoms with Gasteiger partial charge >= 0.3 is 0 Å². The van der Waals surface area contributed by atoms with Crippen LogP contribution in [0.2, 0.25) is 5.02 Å².